The van der Waals surface area contributed by atoms with Crippen molar-refractivity contribution in [3.63, 3.8) is 0 Å². The lowest BCUT2D eigenvalue weighted by Gasteiger charge is -2.38. The van der Waals surface area contributed by atoms with Gasteiger partial charge in [0.1, 0.15) is 23.9 Å². The summed E-state index contributed by atoms with van der Waals surface area (Å²) in [5.74, 6) is 0. The zero-order valence-electron chi connectivity index (χ0n) is 25.9. The molecule has 1 rings (SSSR count). The molecule has 1 aliphatic rings. The molecule has 0 aliphatic heterocycles. The molecule has 0 aromatic heterocycles. The molecule has 9 nitrogen and oxygen atoms in total. The van der Waals surface area contributed by atoms with Gasteiger partial charge in [0.05, 0.1) is 31.0 Å². The summed E-state index contributed by atoms with van der Waals surface area (Å²) in [5.41, 5.74) is -1.38. The van der Waals surface area contributed by atoms with Gasteiger partial charge in [-0.05, 0) is 55.8 Å². The van der Waals surface area contributed by atoms with E-state index in [2.05, 4.69) is 46.9 Å². The maximum Gasteiger partial charge on any atom is 0.408 e. The maximum atomic E-state index is 12.9. The van der Waals surface area contributed by atoms with Crippen LogP contribution in [0.2, 0.25) is 0 Å². The second kappa shape index (κ2) is 14.1. The molecule has 0 bridgehead atoms. The van der Waals surface area contributed by atoms with Gasteiger partial charge in [-0.15, -0.1) is 0 Å². The first kappa shape index (κ1) is 35.8. The van der Waals surface area contributed by atoms with Crippen molar-refractivity contribution in [1.82, 2.24) is 5.32 Å². The van der Waals surface area contributed by atoms with Gasteiger partial charge in [0.2, 0.25) is 0 Å². The van der Waals surface area contributed by atoms with Gasteiger partial charge in [-0.3, -0.25) is 0 Å². The van der Waals surface area contributed by atoms with Gasteiger partial charge >= 0.3 is 6.09 Å². The molecule has 0 aromatic rings. The van der Waals surface area contributed by atoms with Crippen LogP contribution in [0.4, 0.5) is 4.79 Å². The monoisotopic (exact) mass is 559 g/mol. The second-order valence-electron chi connectivity index (χ2n) is 15.0. The van der Waals surface area contributed by atoms with E-state index in [4.69, 9.17) is 9.47 Å². The molecule has 0 fully saturated rings. The Kier molecular flexibility index (Phi) is 12.9. The molecule has 1 amide bonds. The van der Waals surface area contributed by atoms with E-state index in [-0.39, 0.29) is 23.9 Å². The minimum absolute atomic E-state index is 0.0138. The van der Waals surface area contributed by atoms with Crippen LogP contribution in [-0.2, 0) is 9.47 Å². The van der Waals surface area contributed by atoms with E-state index in [9.17, 15) is 30.3 Å². The summed E-state index contributed by atoms with van der Waals surface area (Å²) in [6.07, 6.45) is -2.30. The van der Waals surface area contributed by atoms with Crippen LogP contribution in [0.3, 0.4) is 0 Å². The number of alkyl carbamates (subject to hydrolysis) is 1. The molecule has 0 spiro atoms. The predicted molar refractivity (Wildman–Crippen MR) is 152 cm³/mol. The minimum atomic E-state index is -1.44. The third-order valence-electron chi connectivity index (χ3n) is 6.97. The molecule has 1 aliphatic carbocycles. The smallest absolute Gasteiger partial charge is 0.408 e. The van der Waals surface area contributed by atoms with Crippen molar-refractivity contribution in [3.8, 4) is 0 Å². The fraction of sp³-hybridized carbons (Fsp3) is 0.900. The lowest BCUT2D eigenvalue weighted by Crippen LogP contribution is -2.52. The van der Waals surface area contributed by atoms with E-state index in [1.165, 1.54) is 6.08 Å². The van der Waals surface area contributed by atoms with Gasteiger partial charge in [0.25, 0.3) is 0 Å². The first-order chi connectivity index (χ1) is 17.5. The molecule has 6 N–H and O–H groups in total. The fourth-order valence-electron chi connectivity index (χ4n) is 5.80. The summed E-state index contributed by atoms with van der Waals surface area (Å²) >= 11 is 0. The Hall–Kier alpha value is -1.23. The zero-order chi connectivity index (χ0) is 30.4. The number of allylic oxidation sites excluding steroid dienone is 1. The van der Waals surface area contributed by atoms with Gasteiger partial charge in [0.15, 0.2) is 0 Å². The first-order valence-electron chi connectivity index (χ1n) is 14.2. The summed E-state index contributed by atoms with van der Waals surface area (Å²) in [7, 11) is 0. The molecule has 0 saturated heterocycles. The van der Waals surface area contributed by atoms with Crippen LogP contribution in [0.25, 0.3) is 0 Å². The van der Waals surface area contributed by atoms with Crippen molar-refractivity contribution in [3.05, 3.63) is 12.2 Å². The third-order valence-corrected chi connectivity index (χ3v) is 6.97. The predicted octanol–water partition coefficient (Wildman–Crippen LogP) is 3.69. The molecular weight excluding hydrogens is 502 g/mol. The molecule has 0 saturated carbocycles. The van der Waals surface area contributed by atoms with Crippen LogP contribution in [0.5, 0.6) is 0 Å². The van der Waals surface area contributed by atoms with Gasteiger partial charge < -0.3 is 40.3 Å². The van der Waals surface area contributed by atoms with E-state index in [1.54, 1.807) is 6.08 Å². The number of ether oxygens (including phenoxy) is 2. The van der Waals surface area contributed by atoms with Crippen molar-refractivity contribution in [2.24, 2.45) is 16.2 Å². The quantitative estimate of drug-likeness (QED) is 0.210. The second-order valence-corrected chi connectivity index (χ2v) is 15.0. The van der Waals surface area contributed by atoms with Crippen molar-refractivity contribution in [2.75, 3.05) is 6.61 Å². The van der Waals surface area contributed by atoms with E-state index < -0.39 is 59.8 Å². The SMILES string of the molecule is CC(C)(C)CC(C)(C)OC(=O)NC(COC1CCC=CC(O)C(O)C1O)C(O)CC(O)C(C)(C)CC(C)(C)C. The highest BCUT2D eigenvalue weighted by atomic mass is 16.6. The number of aliphatic hydroxyl groups is 5. The summed E-state index contributed by atoms with van der Waals surface area (Å²) in [4.78, 5) is 12.9. The highest BCUT2D eigenvalue weighted by Crippen LogP contribution is 2.37. The normalized spacial score (nSPS) is 25.8. The molecular formula is C30H57NO8. The summed E-state index contributed by atoms with van der Waals surface area (Å²) in [6.45, 7) is 19.8. The number of carbonyl (C=O) groups is 1. The van der Waals surface area contributed by atoms with Crippen LogP contribution in [-0.4, -0.2) is 86.5 Å². The third kappa shape index (κ3) is 13.3. The van der Waals surface area contributed by atoms with Gasteiger partial charge in [-0.1, -0.05) is 67.5 Å². The number of rotatable bonds is 11. The number of hydrogen-bond acceptors (Lipinski definition) is 8. The average molecular weight is 560 g/mol. The lowest BCUT2D eigenvalue weighted by atomic mass is 9.71. The summed E-state index contributed by atoms with van der Waals surface area (Å²) in [6, 6.07) is -0.960. The molecule has 0 heterocycles. The Morgan fingerprint density at radius 2 is 1.49 bits per heavy atom. The van der Waals surface area contributed by atoms with Crippen LogP contribution < -0.4 is 5.32 Å². The van der Waals surface area contributed by atoms with Crippen LogP contribution in [0.15, 0.2) is 12.2 Å². The van der Waals surface area contributed by atoms with Crippen molar-refractivity contribution in [1.29, 1.82) is 0 Å². The minimum Gasteiger partial charge on any atom is -0.444 e. The van der Waals surface area contributed by atoms with E-state index in [1.807, 2.05) is 27.7 Å². The van der Waals surface area contributed by atoms with Crippen molar-refractivity contribution < 1.29 is 39.8 Å². The van der Waals surface area contributed by atoms with Crippen molar-refractivity contribution in [2.45, 2.75) is 150 Å². The molecule has 7 unspecified atom stereocenters. The number of aliphatic hydroxyl groups excluding tert-OH is 5. The largest absolute Gasteiger partial charge is 0.444 e. The molecule has 39 heavy (non-hydrogen) atoms. The highest BCUT2D eigenvalue weighted by Gasteiger charge is 2.38. The van der Waals surface area contributed by atoms with E-state index >= 15 is 0 Å². The Bertz CT molecular complexity index is 783. The summed E-state index contributed by atoms with van der Waals surface area (Å²) in [5, 5.41) is 55.8. The number of hydrogen-bond donors (Lipinski definition) is 6. The first-order valence-corrected chi connectivity index (χ1v) is 14.2. The Balaban J connectivity index is 3.06. The Morgan fingerprint density at radius 3 is 2.03 bits per heavy atom. The van der Waals surface area contributed by atoms with Crippen LogP contribution in [0.1, 0.15) is 101 Å². The van der Waals surface area contributed by atoms with E-state index in [0.29, 0.717) is 25.7 Å². The highest BCUT2D eigenvalue weighted by molar-refractivity contribution is 5.68. The Labute approximate surface area is 236 Å². The topological polar surface area (TPSA) is 149 Å². The van der Waals surface area contributed by atoms with Gasteiger partial charge in [-0.25, -0.2) is 4.79 Å². The van der Waals surface area contributed by atoms with Crippen LogP contribution >= 0.6 is 0 Å². The molecule has 7 atom stereocenters. The maximum absolute atomic E-state index is 12.9. The van der Waals surface area contributed by atoms with Crippen LogP contribution in [0, 0.1) is 16.2 Å². The number of nitrogens with one attached hydrogen (secondary N) is 1. The van der Waals surface area contributed by atoms with Gasteiger partial charge in [0, 0.05) is 6.42 Å². The number of carbonyl (C=O) groups excluding carboxylic acids is 1. The van der Waals surface area contributed by atoms with E-state index in [0.717, 1.165) is 0 Å². The lowest BCUT2D eigenvalue weighted by molar-refractivity contribution is -0.125. The van der Waals surface area contributed by atoms with Crippen molar-refractivity contribution >= 4 is 6.09 Å². The average Bonchev–Trinajstić information content (AvgIpc) is 2.71. The standard InChI is InChI=1S/C30H57NO8/c1-27(2,3)17-29(7,8)23(34)15-21(33)19(31-26(37)39-30(9,10)18-28(4,5)6)16-38-22-14-12-11-13-20(32)24(35)25(22)36/h11,13,19-25,32-36H,12,14-18H2,1-10H3,(H,31,37). The Morgan fingerprint density at radius 1 is 0.923 bits per heavy atom. The zero-order valence-corrected chi connectivity index (χ0v) is 25.9. The summed E-state index contributed by atoms with van der Waals surface area (Å²) < 4.78 is 11.6. The van der Waals surface area contributed by atoms with Gasteiger partial charge in [-0.2, -0.15) is 0 Å². The molecule has 230 valence electrons. The molecule has 9 heteroatoms. The molecule has 0 aromatic carbocycles. The number of amides is 1. The molecule has 0 radical (unpaired) electrons. The fourth-order valence-corrected chi connectivity index (χ4v) is 5.80.